The van der Waals surface area contributed by atoms with Crippen LogP contribution in [0, 0.1) is 0 Å². The summed E-state index contributed by atoms with van der Waals surface area (Å²) >= 11 is 0.516. The topological polar surface area (TPSA) is 26.3 Å². The van der Waals surface area contributed by atoms with Gasteiger partial charge in [-0.25, -0.2) is 4.79 Å². The minimum absolute atomic E-state index is 0.142. The van der Waals surface area contributed by atoms with Crippen molar-refractivity contribution >= 4 is 17.7 Å². The normalized spacial score (nSPS) is 13.8. The second-order valence-electron chi connectivity index (χ2n) is 4.08. The second kappa shape index (κ2) is 7.67. The second-order valence-corrected chi connectivity index (χ2v) is 5.31. The van der Waals surface area contributed by atoms with E-state index in [0.29, 0.717) is 11.8 Å². The Bertz CT molecular complexity index is 420. The number of hydrogen-bond acceptors (Lipinski definition) is 3. The number of esters is 1. The van der Waals surface area contributed by atoms with E-state index in [-0.39, 0.29) is 12.4 Å². The van der Waals surface area contributed by atoms with Crippen LogP contribution in [-0.4, -0.2) is 48.0 Å². The number of halogens is 9. The van der Waals surface area contributed by atoms with Gasteiger partial charge in [0.05, 0.1) is 0 Å². The van der Waals surface area contributed by atoms with E-state index in [9.17, 15) is 44.3 Å². The molecule has 0 amide bonds. The summed E-state index contributed by atoms with van der Waals surface area (Å²) in [6.45, 7) is 2.76. The Labute approximate surface area is 129 Å². The summed E-state index contributed by atoms with van der Waals surface area (Å²) in [5.41, 5.74) is 0. The fourth-order valence-corrected chi connectivity index (χ4v) is 1.93. The van der Waals surface area contributed by atoms with Gasteiger partial charge in [0.1, 0.15) is 6.61 Å². The van der Waals surface area contributed by atoms with Crippen molar-refractivity contribution in [1.82, 2.24) is 0 Å². The first kappa shape index (κ1) is 21.9. The number of alkyl halides is 9. The van der Waals surface area contributed by atoms with Gasteiger partial charge in [-0.1, -0.05) is 6.58 Å². The van der Waals surface area contributed by atoms with Gasteiger partial charge in [-0.2, -0.15) is 51.3 Å². The van der Waals surface area contributed by atoms with Crippen LogP contribution in [0.4, 0.5) is 39.5 Å². The Morgan fingerprint density at radius 2 is 1.48 bits per heavy atom. The zero-order valence-corrected chi connectivity index (χ0v) is 12.1. The van der Waals surface area contributed by atoms with Gasteiger partial charge in [0.2, 0.25) is 0 Å². The van der Waals surface area contributed by atoms with Crippen LogP contribution in [0.5, 0.6) is 0 Å². The van der Waals surface area contributed by atoms with Crippen LogP contribution in [0.2, 0.25) is 0 Å². The van der Waals surface area contributed by atoms with Crippen LogP contribution in [0.25, 0.3) is 0 Å². The highest BCUT2D eigenvalue weighted by Crippen LogP contribution is 2.54. The molecule has 0 aromatic heterocycles. The fraction of sp³-hybridized carbons (Fsp3) is 0.727. The first-order chi connectivity index (χ1) is 10.2. The lowest BCUT2D eigenvalue weighted by Crippen LogP contribution is -2.60. The summed E-state index contributed by atoms with van der Waals surface area (Å²) in [5, 5.41) is 0. The van der Waals surface area contributed by atoms with Crippen LogP contribution >= 0.6 is 11.8 Å². The Kier molecular flexibility index (Phi) is 7.31. The van der Waals surface area contributed by atoms with Crippen molar-refractivity contribution in [2.45, 2.75) is 30.4 Å². The molecule has 0 saturated heterocycles. The summed E-state index contributed by atoms with van der Waals surface area (Å²) < 4.78 is 117. The molecule has 0 radical (unpaired) electrons. The summed E-state index contributed by atoms with van der Waals surface area (Å²) in [7, 11) is 0. The molecular formula is C11H11F9O2S. The van der Waals surface area contributed by atoms with E-state index in [1.165, 1.54) is 0 Å². The van der Waals surface area contributed by atoms with Gasteiger partial charge in [-0.15, -0.1) is 0 Å². The molecule has 12 heteroatoms. The molecule has 0 atom stereocenters. The van der Waals surface area contributed by atoms with E-state index in [2.05, 4.69) is 11.3 Å². The minimum Gasteiger partial charge on any atom is -0.462 e. The average Bonchev–Trinajstić information content (AvgIpc) is 2.40. The van der Waals surface area contributed by atoms with Crippen molar-refractivity contribution in [2.24, 2.45) is 0 Å². The molecule has 0 fully saturated rings. The van der Waals surface area contributed by atoms with E-state index >= 15 is 0 Å². The molecule has 136 valence electrons. The SMILES string of the molecule is C=CC(=O)OCCSCCC(F)(F)C(F)(F)C(F)(F)C(F)(F)F. The number of hydrogen-bond donors (Lipinski definition) is 0. The van der Waals surface area contributed by atoms with E-state index in [4.69, 9.17) is 0 Å². The predicted molar refractivity (Wildman–Crippen MR) is 64.0 cm³/mol. The zero-order valence-electron chi connectivity index (χ0n) is 11.2. The molecule has 0 saturated carbocycles. The Morgan fingerprint density at radius 1 is 0.957 bits per heavy atom. The highest BCUT2D eigenvalue weighted by atomic mass is 32.2. The van der Waals surface area contributed by atoms with Crippen molar-refractivity contribution in [2.75, 3.05) is 18.1 Å². The molecule has 0 spiro atoms. The van der Waals surface area contributed by atoms with Gasteiger partial charge in [0.15, 0.2) is 0 Å². The van der Waals surface area contributed by atoms with E-state index in [0.717, 1.165) is 6.08 Å². The lowest BCUT2D eigenvalue weighted by molar-refractivity contribution is -0.396. The summed E-state index contributed by atoms with van der Waals surface area (Å²) in [4.78, 5) is 10.6. The van der Waals surface area contributed by atoms with E-state index in [1.807, 2.05) is 0 Å². The highest BCUT2D eigenvalue weighted by Gasteiger charge is 2.81. The molecule has 0 aliphatic heterocycles. The maximum atomic E-state index is 13.1. The molecule has 0 aromatic carbocycles. The van der Waals surface area contributed by atoms with E-state index < -0.39 is 42.1 Å². The summed E-state index contributed by atoms with van der Waals surface area (Å²) in [6.07, 6.45) is -7.92. The standard InChI is InChI=1S/C11H11F9O2S/c1-2-7(21)22-4-6-23-5-3-8(12,13)9(14,15)10(16,17)11(18,19)20/h2H,1,3-6H2. The van der Waals surface area contributed by atoms with Crippen LogP contribution in [0.1, 0.15) is 6.42 Å². The number of thioether (sulfide) groups is 1. The van der Waals surface area contributed by atoms with Crippen molar-refractivity contribution in [3.63, 3.8) is 0 Å². The molecule has 0 heterocycles. The Hall–Kier alpha value is -1.07. The van der Waals surface area contributed by atoms with Crippen molar-refractivity contribution in [1.29, 1.82) is 0 Å². The quantitative estimate of drug-likeness (QED) is 0.259. The number of carbonyl (C=O) groups excluding carboxylic acids is 1. The monoisotopic (exact) mass is 378 g/mol. The number of rotatable bonds is 9. The van der Waals surface area contributed by atoms with Crippen LogP contribution in [0.15, 0.2) is 12.7 Å². The number of ether oxygens (including phenoxy) is 1. The van der Waals surface area contributed by atoms with Gasteiger partial charge in [-0.3, -0.25) is 0 Å². The lowest BCUT2D eigenvalue weighted by Gasteiger charge is -2.33. The molecule has 2 nitrogen and oxygen atoms in total. The van der Waals surface area contributed by atoms with Crippen LogP contribution in [-0.2, 0) is 9.53 Å². The smallest absolute Gasteiger partial charge is 0.460 e. The molecule has 0 aliphatic rings. The third-order valence-electron chi connectivity index (χ3n) is 2.41. The summed E-state index contributed by atoms with van der Waals surface area (Å²) in [6, 6.07) is 0. The molecule has 0 aromatic rings. The van der Waals surface area contributed by atoms with Crippen LogP contribution < -0.4 is 0 Å². The predicted octanol–water partition coefficient (Wildman–Crippen LogP) is 4.31. The Morgan fingerprint density at radius 3 is 1.91 bits per heavy atom. The van der Waals surface area contributed by atoms with Crippen LogP contribution in [0.3, 0.4) is 0 Å². The van der Waals surface area contributed by atoms with E-state index in [1.54, 1.807) is 0 Å². The lowest BCUT2D eigenvalue weighted by atomic mass is 10.0. The van der Waals surface area contributed by atoms with Gasteiger partial charge in [-0.05, 0) is 5.75 Å². The largest absolute Gasteiger partial charge is 0.462 e. The minimum atomic E-state index is -6.87. The molecule has 23 heavy (non-hydrogen) atoms. The van der Waals surface area contributed by atoms with Crippen molar-refractivity contribution in [3.05, 3.63) is 12.7 Å². The van der Waals surface area contributed by atoms with Gasteiger partial charge < -0.3 is 4.74 Å². The fourth-order valence-electron chi connectivity index (χ4n) is 1.13. The Balaban J connectivity index is 4.57. The molecule has 0 unspecified atom stereocenters. The maximum Gasteiger partial charge on any atom is 0.460 e. The molecule has 0 aliphatic carbocycles. The molecule has 0 bridgehead atoms. The summed E-state index contributed by atoms with van der Waals surface area (Å²) in [5.74, 6) is -20.8. The average molecular weight is 378 g/mol. The first-order valence-electron chi connectivity index (χ1n) is 5.78. The maximum absolute atomic E-state index is 13.1. The van der Waals surface area contributed by atoms with Crippen molar-refractivity contribution < 1.29 is 49.0 Å². The van der Waals surface area contributed by atoms with Gasteiger partial charge >= 0.3 is 29.9 Å². The van der Waals surface area contributed by atoms with Crippen molar-refractivity contribution in [3.8, 4) is 0 Å². The molecule has 0 N–H and O–H groups in total. The third kappa shape index (κ3) is 5.21. The number of carbonyl (C=O) groups is 1. The van der Waals surface area contributed by atoms with Gasteiger partial charge in [0.25, 0.3) is 0 Å². The third-order valence-corrected chi connectivity index (χ3v) is 3.36. The zero-order chi connectivity index (χ0) is 18.5. The first-order valence-corrected chi connectivity index (χ1v) is 6.93. The molecular weight excluding hydrogens is 367 g/mol. The molecule has 0 rings (SSSR count). The van der Waals surface area contributed by atoms with Gasteiger partial charge in [0, 0.05) is 18.2 Å². The highest BCUT2D eigenvalue weighted by molar-refractivity contribution is 7.99.